The van der Waals surface area contributed by atoms with Crippen LogP contribution >= 0.6 is 0 Å². The molecule has 4 heteroatoms. The summed E-state index contributed by atoms with van der Waals surface area (Å²) in [4.78, 5) is 9.47. The van der Waals surface area contributed by atoms with Gasteiger partial charge in [0, 0.05) is 31.2 Å². The zero-order valence-corrected chi connectivity index (χ0v) is 12.2. The number of anilines is 1. The minimum Gasteiger partial charge on any atom is -0.397 e. The first-order valence-electron chi connectivity index (χ1n) is 7.32. The molecule has 0 amide bonds. The normalized spacial score (nSPS) is 22.3. The number of nitrogen functional groups attached to an aromatic ring is 1. The zero-order valence-electron chi connectivity index (χ0n) is 12.2. The van der Waals surface area contributed by atoms with Crippen molar-refractivity contribution in [2.24, 2.45) is 0 Å². The molecule has 2 heterocycles. The van der Waals surface area contributed by atoms with Crippen molar-refractivity contribution in [2.45, 2.75) is 32.2 Å². The third-order valence-corrected chi connectivity index (χ3v) is 4.00. The van der Waals surface area contributed by atoms with Gasteiger partial charge in [-0.25, -0.2) is 0 Å². The number of hydrogen-bond acceptors (Lipinski definition) is 4. The fourth-order valence-corrected chi connectivity index (χ4v) is 2.82. The van der Waals surface area contributed by atoms with Crippen LogP contribution in [-0.2, 0) is 6.42 Å². The SMILES string of the molecule is CCC1CN(C)CCCN1CCc1ccc(N)cn1. The maximum absolute atomic E-state index is 5.67. The number of aromatic nitrogens is 1. The Bertz CT molecular complexity index is 376. The van der Waals surface area contributed by atoms with E-state index >= 15 is 0 Å². The summed E-state index contributed by atoms with van der Waals surface area (Å²) in [6.45, 7) is 7.00. The lowest BCUT2D eigenvalue weighted by molar-refractivity contribution is 0.185. The topological polar surface area (TPSA) is 45.4 Å². The van der Waals surface area contributed by atoms with E-state index in [1.54, 1.807) is 6.20 Å². The van der Waals surface area contributed by atoms with Crippen LogP contribution in [0.5, 0.6) is 0 Å². The van der Waals surface area contributed by atoms with Gasteiger partial charge in [0.05, 0.1) is 11.9 Å². The van der Waals surface area contributed by atoms with Gasteiger partial charge in [-0.15, -0.1) is 0 Å². The molecule has 0 saturated carbocycles. The summed E-state index contributed by atoms with van der Waals surface area (Å²) in [5.74, 6) is 0. The molecule has 1 unspecified atom stereocenters. The van der Waals surface area contributed by atoms with Gasteiger partial charge in [-0.2, -0.15) is 0 Å². The van der Waals surface area contributed by atoms with Crippen LogP contribution in [0.2, 0.25) is 0 Å². The van der Waals surface area contributed by atoms with E-state index in [4.69, 9.17) is 5.73 Å². The van der Waals surface area contributed by atoms with Gasteiger partial charge in [0.1, 0.15) is 0 Å². The largest absolute Gasteiger partial charge is 0.397 e. The summed E-state index contributed by atoms with van der Waals surface area (Å²) in [5, 5.41) is 0. The van der Waals surface area contributed by atoms with Gasteiger partial charge in [0.25, 0.3) is 0 Å². The molecule has 0 aromatic carbocycles. The van der Waals surface area contributed by atoms with Crippen molar-refractivity contribution >= 4 is 5.69 Å². The van der Waals surface area contributed by atoms with Crippen molar-refractivity contribution in [3.8, 4) is 0 Å². The molecule has 1 saturated heterocycles. The molecule has 106 valence electrons. The van der Waals surface area contributed by atoms with Gasteiger partial charge >= 0.3 is 0 Å². The van der Waals surface area contributed by atoms with Crippen LogP contribution in [0.4, 0.5) is 5.69 Å². The van der Waals surface area contributed by atoms with Gasteiger partial charge in [-0.05, 0) is 45.1 Å². The first kappa shape index (κ1) is 14.3. The molecule has 1 aromatic heterocycles. The van der Waals surface area contributed by atoms with Crippen LogP contribution in [0.1, 0.15) is 25.5 Å². The number of nitrogens with two attached hydrogens (primary N) is 1. The van der Waals surface area contributed by atoms with Crippen LogP contribution in [0.25, 0.3) is 0 Å². The molecule has 0 aliphatic carbocycles. The lowest BCUT2D eigenvalue weighted by Crippen LogP contribution is -2.40. The lowest BCUT2D eigenvalue weighted by Gasteiger charge is -2.30. The van der Waals surface area contributed by atoms with E-state index in [2.05, 4.69) is 28.8 Å². The molecule has 0 spiro atoms. The summed E-state index contributed by atoms with van der Waals surface area (Å²) < 4.78 is 0. The Morgan fingerprint density at radius 1 is 1.37 bits per heavy atom. The molecule has 1 aliphatic rings. The van der Waals surface area contributed by atoms with Crippen molar-refractivity contribution < 1.29 is 0 Å². The second-order valence-corrected chi connectivity index (χ2v) is 5.55. The van der Waals surface area contributed by atoms with Crippen LogP contribution in [0, 0.1) is 0 Å². The predicted octanol–water partition coefficient (Wildman–Crippen LogP) is 1.62. The first-order chi connectivity index (χ1) is 9.19. The van der Waals surface area contributed by atoms with E-state index in [0.717, 1.165) is 24.3 Å². The third kappa shape index (κ3) is 4.18. The highest BCUT2D eigenvalue weighted by molar-refractivity contribution is 5.34. The Morgan fingerprint density at radius 2 is 2.21 bits per heavy atom. The van der Waals surface area contributed by atoms with Crippen LogP contribution in [0.15, 0.2) is 18.3 Å². The fraction of sp³-hybridized carbons (Fsp3) is 0.667. The Balaban J connectivity index is 1.91. The second-order valence-electron chi connectivity index (χ2n) is 5.55. The van der Waals surface area contributed by atoms with Crippen molar-refractivity contribution in [3.05, 3.63) is 24.0 Å². The number of hydrogen-bond donors (Lipinski definition) is 1. The lowest BCUT2D eigenvalue weighted by atomic mass is 10.1. The molecule has 4 nitrogen and oxygen atoms in total. The highest BCUT2D eigenvalue weighted by atomic mass is 15.2. The highest BCUT2D eigenvalue weighted by Gasteiger charge is 2.21. The number of nitrogens with zero attached hydrogens (tertiary/aromatic N) is 3. The average molecular weight is 262 g/mol. The maximum Gasteiger partial charge on any atom is 0.0501 e. The number of rotatable bonds is 4. The Kier molecular flexibility index (Phi) is 5.16. The van der Waals surface area contributed by atoms with Crippen molar-refractivity contribution in [1.82, 2.24) is 14.8 Å². The second kappa shape index (κ2) is 6.87. The van der Waals surface area contributed by atoms with E-state index in [0.29, 0.717) is 6.04 Å². The predicted molar refractivity (Wildman–Crippen MR) is 80.1 cm³/mol. The van der Waals surface area contributed by atoms with E-state index < -0.39 is 0 Å². The number of likely N-dealkylation sites (N-methyl/N-ethyl adjacent to an activating group) is 1. The maximum atomic E-state index is 5.67. The first-order valence-corrected chi connectivity index (χ1v) is 7.32. The summed E-state index contributed by atoms with van der Waals surface area (Å²) in [7, 11) is 2.23. The summed E-state index contributed by atoms with van der Waals surface area (Å²) in [5.41, 5.74) is 7.55. The minimum atomic E-state index is 0.682. The van der Waals surface area contributed by atoms with E-state index in [1.165, 1.54) is 32.5 Å². The molecule has 1 aromatic rings. The van der Waals surface area contributed by atoms with Crippen molar-refractivity contribution in [1.29, 1.82) is 0 Å². The van der Waals surface area contributed by atoms with E-state index in [-0.39, 0.29) is 0 Å². The quantitative estimate of drug-likeness (QED) is 0.895. The summed E-state index contributed by atoms with van der Waals surface area (Å²) in [6.07, 6.45) is 5.25. The van der Waals surface area contributed by atoms with Gasteiger partial charge in [0.2, 0.25) is 0 Å². The molecule has 0 bridgehead atoms. The monoisotopic (exact) mass is 262 g/mol. The molecule has 2 rings (SSSR count). The molecular formula is C15H26N4. The van der Waals surface area contributed by atoms with Crippen molar-refractivity contribution in [3.63, 3.8) is 0 Å². The molecule has 0 radical (unpaired) electrons. The summed E-state index contributed by atoms with van der Waals surface area (Å²) >= 11 is 0. The van der Waals surface area contributed by atoms with Crippen LogP contribution in [0.3, 0.4) is 0 Å². The van der Waals surface area contributed by atoms with E-state index in [1.807, 2.05) is 12.1 Å². The standard InChI is InChI=1S/C15H26N4/c1-3-15-12-18(2)8-4-9-19(15)10-7-14-6-5-13(16)11-17-14/h5-6,11,15H,3-4,7-10,12,16H2,1-2H3. The molecule has 2 N–H and O–H groups in total. The molecule has 19 heavy (non-hydrogen) atoms. The average Bonchev–Trinajstić information content (AvgIpc) is 2.59. The number of pyridine rings is 1. The Labute approximate surface area is 116 Å². The Morgan fingerprint density at radius 3 is 2.89 bits per heavy atom. The Hall–Kier alpha value is -1.13. The van der Waals surface area contributed by atoms with Gasteiger partial charge in [-0.3, -0.25) is 9.88 Å². The molecular weight excluding hydrogens is 236 g/mol. The van der Waals surface area contributed by atoms with Crippen LogP contribution in [-0.4, -0.2) is 54.1 Å². The van der Waals surface area contributed by atoms with Crippen LogP contribution < -0.4 is 5.73 Å². The molecule has 1 aliphatic heterocycles. The van der Waals surface area contributed by atoms with Gasteiger partial charge in [-0.1, -0.05) is 6.92 Å². The van der Waals surface area contributed by atoms with Crippen molar-refractivity contribution in [2.75, 3.05) is 39.0 Å². The zero-order chi connectivity index (χ0) is 13.7. The summed E-state index contributed by atoms with van der Waals surface area (Å²) in [6, 6.07) is 4.66. The smallest absolute Gasteiger partial charge is 0.0501 e. The third-order valence-electron chi connectivity index (χ3n) is 4.00. The van der Waals surface area contributed by atoms with Gasteiger partial charge < -0.3 is 10.6 Å². The van der Waals surface area contributed by atoms with Gasteiger partial charge in [0.15, 0.2) is 0 Å². The molecule has 1 fully saturated rings. The highest BCUT2D eigenvalue weighted by Crippen LogP contribution is 2.13. The fourth-order valence-electron chi connectivity index (χ4n) is 2.82. The molecule has 1 atom stereocenters. The minimum absolute atomic E-state index is 0.682. The van der Waals surface area contributed by atoms with E-state index in [9.17, 15) is 0 Å².